The van der Waals surface area contributed by atoms with E-state index in [9.17, 15) is 4.79 Å². The lowest BCUT2D eigenvalue weighted by Crippen LogP contribution is -2.41. The van der Waals surface area contributed by atoms with Crippen LogP contribution in [0.15, 0.2) is 6.20 Å². The number of nitrogens with one attached hydrogen (secondary N) is 1. The van der Waals surface area contributed by atoms with Gasteiger partial charge in [-0.2, -0.15) is 0 Å². The van der Waals surface area contributed by atoms with E-state index in [-0.39, 0.29) is 11.7 Å². The molecule has 2 heterocycles. The Hall–Kier alpha value is -1.69. The highest BCUT2D eigenvalue weighted by Gasteiger charge is 2.21. The van der Waals surface area contributed by atoms with Gasteiger partial charge in [0.05, 0.1) is 31.1 Å². The first-order valence-electron chi connectivity index (χ1n) is 7.20. The maximum absolute atomic E-state index is 11.2. The molecule has 2 rings (SSSR count). The van der Waals surface area contributed by atoms with Gasteiger partial charge in [-0.1, -0.05) is 34.6 Å². The number of carbonyl (C=O) groups excluding carboxylic acids is 1. The number of ether oxygens (including phenoxy) is 1. The minimum atomic E-state index is -0.542. The van der Waals surface area contributed by atoms with Crippen LogP contribution < -0.4 is 11.1 Å². The maximum atomic E-state index is 11.2. The van der Waals surface area contributed by atoms with Crippen LogP contribution in [0.3, 0.4) is 0 Å². The largest absolute Gasteiger partial charge is 0.377 e. The van der Waals surface area contributed by atoms with Crippen LogP contribution in [0.2, 0.25) is 0 Å². The fourth-order valence-electron chi connectivity index (χ4n) is 1.42. The van der Waals surface area contributed by atoms with Crippen molar-refractivity contribution in [1.82, 2.24) is 9.97 Å². The van der Waals surface area contributed by atoms with Gasteiger partial charge in [-0.05, 0) is 0 Å². The molecule has 1 amide bonds. The summed E-state index contributed by atoms with van der Waals surface area (Å²) >= 11 is 0. The van der Waals surface area contributed by atoms with E-state index in [1.165, 1.54) is 0 Å². The number of amides is 1. The summed E-state index contributed by atoms with van der Waals surface area (Å²) in [6, 6.07) is 0.217. The van der Waals surface area contributed by atoms with Crippen molar-refractivity contribution < 1.29 is 9.53 Å². The van der Waals surface area contributed by atoms with E-state index in [4.69, 9.17) is 10.5 Å². The van der Waals surface area contributed by atoms with Gasteiger partial charge in [-0.3, -0.25) is 4.79 Å². The number of nitrogens with zero attached hydrogens (tertiary/aromatic N) is 2. The molecule has 0 aromatic carbocycles. The molecule has 0 spiro atoms. The van der Waals surface area contributed by atoms with Gasteiger partial charge in [-0.25, -0.2) is 9.97 Å². The Morgan fingerprint density at radius 1 is 1.40 bits per heavy atom. The number of nitrogens with two attached hydrogens (primary N) is 1. The average Bonchev–Trinajstić information content (AvgIpc) is 2.47. The molecule has 20 heavy (non-hydrogen) atoms. The fourth-order valence-corrected chi connectivity index (χ4v) is 1.42. The number of aromatic nitrogens is 2. The molecule has 114 valence electrons. The van der Waals surface area contributed by atoms with Crippen molar-refractivity contribution in [3.05, 3.63) is 17.7 Å². The Balaban J connectivity index is 0.000000829. The third-order valence-electron chi connectivity index (χ3n) is 2.39. The van der Waals surface area contributed by atoms with E-state index >= 15 is 0 Å². The minimum Gasteiger partial charge on any atom is -0.377 e. The van der Waals surface area contributed by atoms with Crippen LogP contribution in [0.5, 0.6) is 0 Å². The molecule has 1 aliphatic heterocycles. The maximum Gasteiger partial charge on any atom is 0.269 e. The van der Waals surface area contributed by atoms with E-state index in [0.29, 0.717) is 31.1 Å². The van der Waals surface area contributed by atoms with Gasteiger partial charge in [0, 0.05) is 6.42 Å². The molecule has 0 atom stereocenters. The van der Waals surface area contributed by atoms with Crippen molar-refractivity contribution in [3.8, 4) is 0 Å². The van der Waals surface area contributed by atoms with Crippen LogP contribution in [0.4, 0.5) is 5.69 Å². The Morgan fingerprint density at radius 3 is 2.40 bits per heavy atom. The first kappa shape index (κ1) is 18.3. The van der Waals surface area contributed by atoms with Gasteiger partial charge in [0.1, 0.15) is 5.82 Å². The van der Waals surface area contributed by atoms with Crippen molar-refractivity contribution >= 4 is 11.6 Å². The molecule has 1 aromatic heterocycles. The molecule has 6 heteroatoms. The van der Waals surface area contributed by atoms with Crippen LogP contribution in [0.25, 0.3) is 0 Å². The second-order valence-corrected chi connectivity index (χ2v) is 3.65. The predicted molar refractivity (Wildman–Crippen MR) is 80.9 cm³/mol. The van der Waals surface area contributed by atoms with Gasteiger partial charge in [0.15, 0.2) is 5.69 Å². The molecule has 3 N–H and O–H groups in total. The first-order valence-corrected chi connectivity index (χ1v) is 7.20. The smallest absolute Gasteiger partial charge is 0.269 e. The van der Waals surface area contributed by atoms with Gasteiger partial charge in [0.25, 0.3) is 5.91 Å². The minimum absolute atomic E-state index is 0.217. The SMILES string of the molecule is CC.CC.CCc1ncc(NC2COC2)c(C(N)=O)n1. The number of hydrogen-bond donors (Lipinski definition) is 2. The Bertz CT molecular complexity index is 406. The number of hydrogen-bond acceptors (Lipinski definition) is 5. The van der Waals surface area contributed by atoms with Crippen LogP contribution in [-0.2, 0) is 11.2 Å². The Labute approximate surface area is 121 Å². The van der Waals surface area contributed by atoms with E-state index < -0.39 is 5.91 Å². The second kappa shape index (κ2) is 10.1. The highest BCUT2D eigenvalue weighted by molar-refractivity contribution is 5.96. The molecule has 0 radical (unpaired) electrons. The van der Waals surface area contributed by atoms with Crippen molar-refractivity contribution in [2.24, 2.45) is 5.73 Å². The third kappa shape index (κ3) is 5.13. The van der Waals surface area contributed by atoms with Crippen molar-refractivity contribution in [3.63, 3.8) is 0 Å². The summed E-state index contributed by atoms with van der Waals surface area (Å²) in [5.74, 6) is 0.0732. The average molecular weight is 282 g/mol. The summed E-state index contributed by atoms with van der Waals surface area (Å²) in [6.45, 7) is 11.2. The van der Waals surface area contributed by atoms with Crippen LogP contribution in [-0.4, -0.2) is 35.1 Å². The molecule has 0 aliphatic carbocycles. The summed E-state index contributed by atoms with van der Waals surface area (Å²) in [5, 5.41) is 3.13. The highest BCUT2D eigenvalue weighted by atomic mass is 16.5. The molecule has 1 saturated heterocycles. The summed E-state index contributed by atoms with van der Waals surface area (Å²) in [5.41, 5.74) is 6.10. The molecule has 0 unspecified atom stereocenters. The molecule has 6 nitrogen and oxygen atoms in total. The summed E-state index contributed by atoms with van der Waals surface area (Å²) in [6.07, 6.45) is 2.28. The van der Waals surface area contributed by atoms with Crippen molar-refractivity contribution in [2.45, 2.75) is 47.1 Å². The van der Waals surface area contributed by atoms with E-state index in [2.05, 4.69) is 15.3 Å². The highest BCUT2D eigenvalue weighted by Crippen LogP contribution is 2.15. The van der Waals surface area contributed by atoms with E-state index in [1.807, 2.05) is 34.6 Å². The normalized spacial score (nSPS) is 13.1. The lowest BCUT2D eigenvalue weighted by Gasteiger charge is -2.28. The standard InChI is InChI=1S/C10H14N4O2.2C2H6/c1-2-8-12-3-7(9(14-8)10(11)15)13-6-4-16-5-6;2*1-2/h3,6,13H,2,4-5H2,1H3,(H2,11,15);2*1-2H3. The van der Waals surface area contributed by atoms with Gasteiger partial charge >= 0.3 is 0 Å². The summed E-state index contributed by atoms with van der Waals surface area (Å²) < 4.78 is 5.03. The number of primary amides is 1. The fraction of sp³-hybridized carbons (Fsp3) is 0.643. The predicted octanol–water partition coefficient (Wildman–Crippen LogP) is 2.00. The number of anilines is 1. The van der Waals surface area contributed by atoms with E-state index in [1.54, 1.807) is 6.20 Å². The molecule has 1 fully saturated rings. The summed E-state index contributed by atoms with van der Waals surface area (Å²) in [7, 11) is 0. The summed E-state index contributed by atoms with van der Waals surface area (Å²) in [4.78, 5) is 19.5. The van der Waals surface area contributed by atoms with Crippen LogP contribution in [0, 0.1) is 0 Å². The molecule has 0 saturated carbocycles. The Morgan fingerprint density at radius 2 is 2.00 bits per heavy atom. The molecular formula is C14H26N4O2. The quantitative estimate of drug-likeness (QED) is 0.881. The number of rotatable bonds is 4. The second-order valence-electron chi connectivity index (χ2n) is 3.65. The van der Waals surface area contributed by atoms with Crippen LogP contribution in [0.1, 0.15) is 50.9 Å². The lowest BCUT2D eigenvalue weighted by molar-refractivity contribution is 0.0210. The zero-order chi connectivity index (χ0) is 15.5. The zero-order valence-corrected chi connectivity index (χ0v) is 13.1. The third-order valence-corrected chi connectivity index (χ3v) is 2.39. The van der Waals surface area contributed by atoms with Crippen molar-refractivity contribution in [1.29, 1.82) is 0 Å². The van der Waals surface area contributed by atoms with Gasteiger partial charge < -0.3 is 15.8 Å². The lowest BCUT2D eigenvalue weighted by atomic mass is 10.2. The molecular weight excluding hydrogens is 256 g/mol. The first-order chi connectivity index (χ1) is 9.70. The molecule has 1 aliphatic rings. The monoisotopic (exact) mass is 282 g/mol. The Kier molecular flexibility index (Phi) is 9.28. The van der Waals surface area contributed by atoms with E-state index in [0.717, 1.165) is 0 Å². The van der Waals surface area contributed by atoms with Crippen molar-refractivity contribution in [2.75, 3.05) is 18.5 Å². The number of carbonyl (C=O) groups is 1. The van der Waals surface area contributed by atoms with Crippen LogP contribution >= 0.6 is 0 Å². The zero-order valence-electron chi connectivity index (χ0n) is 13.1. The number of aryl methyl sites for hydroxylation is 1. The molecule has 0 bridgehead atoms. The van der Waals surface area contributed by atoms with Gasteiger partial charge in [-0.15, -0.1) is 0 Å². The van der Waals surface area contributed by atoms with Gasteiger partial charge in [0.2, 0.25) is 0 Å². The molecule has 1 aromatic rings. The topological polar surface area (TPSA) is 90.1 Å².